The maximum absolute atomic E-state index is 12.7. The van der Waals surface area contributed by atoms with E-state index < -0.39 is 11.5 Å². The van der Waals surface area contributed by atoms with E-state index in [0.29, 0.717) is 5.56 Å². The van der Waals surface area contributed by atoms with Gasteiger partial charge >= 0.3 is 0 Å². The van der Waals surface area contributed by atoms with Crippen LogP contribution in [0.4, 0.5) is 8.78 Å². The van der Waals surface area contributed by atoms with Crippen molar-refractivity contribution in [1.29, 1.82) is 0 Å². The Balaban J connectivity index is 2.35. The van der Waals surface area contributed by atoms with Crippen LogP contribution >= 0.6 is 0 Å². The molecule has 1 atom stereocenters. The smallest absolute Gasteiger partial charge is 0.272 e. The van der Waals surface area contributed by atoms with Crippen LogP contribution in [0.1, 0.15) is 12.0 Å². The minimum Gasteiger partial charge on any atom is -0.316 e. The van der Waals surface area contributed by atoms with Gasteiger partial charge in [0.25, 0.3) is 5.92 Å². The van der Waals surface area contributed by atoms with Gasteiger partial charge in [0, 0.05) is 24.4 Å². The van der Waals surface area contributed by atoms with Crippen molar-refractivity contribution in [3.63, 3.8) is 0 Å². The first kappa shape index (κ1) is 7.54. The van der Waals surface area contributed by atoms with Gasteiger partial charge in [-0.2, -0.15) is 0 Å². The van der Waals surface area contributed by atoms with Crippen molar-refractivity contribution < 1.29 is 8.78 Å². The summed E-state index contributed by atoms with van der Waals surface area (Å²) in [5.74, 6) is -2.79. The van der Waals surface area contributed by atoms with E-state index in [2.05, 4.69) is 9.97 Å². The summed E-state index contributed by atoms with van der Waals surface area (Å²) in [6.07, 6.45) is 3.63. The van der Waals surface area contributed by atoms with Crippen LogP contribution in [0.2, 0.25) is 0 Å². The molecule has 0 radical (unpaired) electrons. The molecule has 0 aromatic carbocycles. The molecule has 1 aromatic heterocycles. The molecule has 1 aliphatic rings. The number of hydrogen-bond donors (Lipinski definition) is 1. The maximum Gasteiger partial charge on any atom is 0.272 e. The summed E-state index contributed by atoms with van der Waals surface area (Å²) in [5.41, 5.74) is 4.20. The van der Waals surface area contributed by atoms with Crippen molar-refractivity contribution in [2.45, 2.75) is 17.9 Å². The van der Waals surface area contributed by atoms with Gasteiger partial charge in [-0.15, -0.1) is 0 Å². The lowest BCUT2D eigenvalue weighted by atomic mass is 10.1. The van der Waals surface area contributed by atoms with Crippen molar-refractivity contribution >= 4 is 0 Å². The third-order valence-corrected chi connectivity index (χ3v) is 2.10. The van der Waals surface area contributed by atoms with Gasteiger partial charge in [-0.3, -0.25) is 0 Å². The highest BCUT2D eigenvalue weighted by Crippen LogP contribution is 2.57. The second kappa shape index (κ2) is 1.98. The van der Waals surface area contributed by atoms with Crippen LogP contribution in [0.15, 0.2) is 18.7 Å². The second-order valence-electron chi connectivity index (χ2n) is 2.98. The second-order valence-corrected chi connectivity index (χ2v) is 2.98. The predicted octanol–water partition coefficient (Wildman–Crippen LogP) is 0.670. The van der Waals surface area contributed by atoms with Gasteiger partial charge < -0.3 is 5.73 Å². The Bertz CT molecular complexity index is 301. The average Bonchev–Trinajstić information content (AvgIpc) is 2.55. The Morgan fingerprint density at radius 1 is 1.33 bits per heavy atom. The molecule has 64 valence electrons. The molecule has 1 unspecified atom stereocenters. The fraction of sp³-hybridized carbons (Fsp3) is 0.429. The van der Waals surface area contributed by atoms with E-state index in [0.717, 1.165) is 0 Å². The third kappa shape index (κ3) is 0.828. The highest BCUT2D eigenvalue weighted by molar-refractivity contribution is 5.31. The maximum atomic E-state index is 12.7. The SMILES string of the molecule is NC1(c2cncnc2)CC1(F)F. The highest BCUT2D eigenvalue weighted by Gasteiger charge is 2.70. The first-order chi connectivity index (χ1) is 5.56. The highest BCUT2D eigenvalue weighted by atomic mass is 19.3. The molecular weight excluding hydrogens is 164 g/mol. The lowest BCUT2D eigenvalue weighted by Gasteiger charge is -2.08. The van der Waals surface area contributed by atoms with E-state index in [1.165, 1.54) is 18.7 Å². The van der Waals surface area contributed by atoms with Gasteiger partial charge in [0.15, 0.2) is 0 Å². The summed E-state index contributed by atoms with van der Waals surface area (Å²) in [6, 6.07) is 0. The van der Waals surface area contributed by atoms with E-state index in [1.807, 2.05) is 0 Å². The molecule has 1 aliphatic carbocycles. The van der Waals surface area contributed by atoms with Crippen molar-refractivity contribution in [2.75, 3.05) is 0 Å². The Morgan fingerprint density at radius 2 is 1.83 bits per heavy atom. The number of nitrogens with zero attached hydrogens (tertiary/aromatic N) is 2. The number of alkyl halides is 2. The molecule has 3 nitrogen and oxygen atoms in total. The number of nitrogens with two attached hydrogens (primary N) is 1. The number of halogens is 2. The molecule has 0 aliphatic heterocycles. The lowest BCUT2D eigenvalue weighted by molar-refractivity contribution is 0.0889. The molecule has 2 N–H and O–H groups in total. The van der Waals surface area contributed by atoms with Gasteiger partial charge in [-0.25, -0.2) is 18.7 Å². The van der Waals surface area contributed by atoms with Crippen LogP contribution in [0.5, 0.6) is 0 Å². The van der Waals surface area contributed by atoms with Gasteiger partial charge in [-0.1, -0.05) is 0 Å². The molecule has 1 aromatic rings. The minimum atomic E-state index is -2.79. The topological polar surface area (TPSA) is 51.8 Å². The summed E-state index contributed by atoms with van der Waals surface area (Å²) in [6.45, 7) is 0. The third-order valence-electron chi connectivity index (χ3n) is 2.10. The lowest BCUT2D eigenvalue weighted by Crippen LogP contribution is -2.27. The fourth-order valence-corrected chi connectivity index (χ4v) is 1.15. The first-order valence-corrected chi connectivity index (χ1v) is 3.48. The minimum absolute atomic E-state index is 0.301. The van der Waals surface area contributed by atoms with Crippen LogP contribution in [0.25, 0.3) is 0 Å². The fourth-order valence-electron chi connectivity index (χ4n) is 1.15. The van der Waals surface area contributed by atoms with Gasteiger partial charge in [0.05, 0.1) is 0 Å². The van der Waals surface area contributed by atoms with Crippen molar-refractivity contribution in [3.8, 4) is 0 Å². The van der Waals surface area contributed by atoms with Crippen molar-refractivity contribution in [1.82, 2.24) is 9.97 Å². The van der Waals surface area contributed by atoms with Crippen LogP contribution in [0.3, 0.4) is 0 Å². The number of rotatable bonds is 1. The van der Waals surface area contributed by atoms with Crippen LogP contribution in [-0.2, 0) is 5.54 Å². The van der Waals surface area contributed by atoms with Crippen molar-refractivity contribution in [3.05, 3.63) is 24.3 Å². The molecule has 5 heteroatoms. The van der Waals surface area contributed by atoms with E-state index >= 15 is 0 Å². The molecule has 2 rings (SSSR count). The van der Waals surface area contributed by atoms with E-state index in [4.69, 9.17) is 5.73 Å². The Morgan fingerprint density at radius 3 is 2.25 bits per heavy atom. The molecule has 1 heterocycles. The largest absolute Gasteiger partial charge is 0.316 e. The van der Waals surface area contributed by atoms with Gasteiger partial charge in [0.2, 0.25) is 0 Å². The first-order valence-electron chi connectivity index (χ1n) is 3.48. The Hall–Kier alpha value is -1.10. The standard InChI is InChI=1S/C7H7F2N3/c8-7(9)3-6(7,10)5-1-11-4-12-2-5/h1-2,4H,3,10H2. The molecule has 12 heavy (non-hydrogen) atoms. The zero-order chi connectivity index (χ0) is 8.82. The summed E-state index contributed by atoms with van der Waals surface area (Å²) < 4.78 is 25.4. The summed E-state index contributed by atoms with van der Waals surface area (Å²) >= 11 is 0. The van der Waals surface area contributed by atoms with Crippen LogP contribution < -0.4 is 5.73 Å². The van der Waals surface area contributed by atoms with Crippen LogP contribution in [0, 0.1) is 0 Å². The molecule has 1 fully saturated rings. The van der Waals surface area contributed by atoms with E-state index in [9.17, 15) is 8.78 Å². The Labute approximate surface area is 67.6 Å². The summed E-state index contributed by atoms with van der Waals surface area (Å²) in [7, 11) is 0. The van der Waals surface area contributed by atoms with Gasteiger partial charge in [-0.05, 0) is 0 Å². The molecule has 0 bridgehead atoms. The summed E-state index contributed by atoms with van der Waals surface area (Å²) in [5, 5.41) is 0. The van der Waals surface area contributed by atoms with E-state index in [-0.39, 0.29) is 6.42 Å². The average molecular weight is 171 g/mol. The van der Waals surface area contributed by atoms with Gasteiger partial charge in [0.1, 0.15) is 11.9 Å². The molecule has 0 saturated heterocycles. The number of aromatic nitrogens is 2. The molecule has 0 spiro atoms. The van der Waals surface area contributed by atoms with E-state index in [1.54, 1.807) is 0 Å². The quantitative estimate of drug-likeness (QED) is 0.675. The monoisotopic (exact) mass is 171 g/mol. The molecular formula is C7H7F2N3. The van der Waals surface area contributed by atoms with Crippen molar-refractivity contribution in [2.24, 2.45) is 5.73 Å². The van der Waals surface area contributed by atoms with Crippen LogP contribution in [-0.4, -0.2) is 15.9 Å². The molecule has 0 amide bonds. The zero-order valence-electron chi connectivity index (χ0n) is 6.17. The zero-order valence-corrected chi connectivity index (χ0v) is 6.17. The molecule has 1 saturated carbocycles. The Kier molecular flexibility index (Phi) is 1.24. The number of hydrogen-bond acceptors (Lipinski definition) is 3. The summed E-state index contributed by atoms with van der Waals surface area (Å²) in [4.78, 5) is 7.26. The normalized spacial score (nSPS) is 31.6. The predicted molar refractivity (Wildman–Crippen MR) is 37.5 cm³/mol.